The van der Waals surface area contributed by atoms with E-state index in [0.717, 1.165) is 13.1 Å². The predicted octanol–water partition coefficient (Wildman–Crippen LogP) is -6.37. The molecule has 0 aliphatic carbocycles. The van der Waals surface area contributed by atoms with E-state index in [1.807, 2.05) is 28.2 Å². The Morgan fingerprint density at radius 1 is 0.882 bits per heavy atom. The van der Waals surface area contributed by atoms with E-state index in [2.05, 4.69) is 0 Å². The van der Waals surface area contributed by atoms with Gasteiger partial charge in [0.1, 0.15) is 13.1 Å². The maximum atomic E-state index is 8.59. The van der Waals surface area contributed by atoms with E-state index in [1.165, 1.54) is 9.80 Å². The van der Waals surface area contributed by atoms with Crippen molar-refractivity contribution in [2.24, 2.45) is 0 Å². The molecule has 0 heterocycles. The van der Waals surface area contributed by atoms with Crippen LogP contribution >= 0.6 is 0 Å². The molecule has 0 aliphatic rings. The topological polar surface area (TPSA) is 130 Å². The van der Waals surface area contributed by atoms with Crippen LogP contribution in [-0.4, -0.2) is 64.7 Å². The van der Waals surface area contributed by atoms with Gasteiger partial charge >= 0.3 is 29.5 Å². The van der Waals surface area contributed by atoms with Crippen molar-refractivity contribution < 1.29 is 49.5 Å². The monoisotopic (exact) mass is 296 g/mol. The van der Waals surface area contributed by atoms with Crippen molar-refractivity contribution in [3.8, 4) is 0 Å². The molecule has 0 amide bonds. The number of likely N-dealkylation sites (N-methyl/N-ethyl adjacent to an activating group) is 2. The average Bonchev–Trinajstić information content (AvgIpc) is 2.00. The van der Waals surface area contributed by atoms with Gasteiger partial charge in [-0.1, -0.05) is 0 Å². The molecule has 0 aliphatic heterocycles. The summed E-state index contributed by atoms with van der Waals surface area (Å²) in [5.74, 6) is 0. The molecule has 0 aromatic rings. The van der Waals surface area contributed by atoms with Gasteiger partial charge in [-0.3, -0.25) is 0 Å². The van der Waals surface area contributed by atoms with Crippen LogP contribution < -0.4 is 18.1 Å². The van der Waals surface area contributed by atoms with E-state index in [-0.39, 0.29) is 0 Å². The van der Waals surface area contributed by atoms with Crippen molar-refractivity contribution >= 4 is 0 Å². The Hall–Kier alpha value is -0.108. The number of hydrogen-bond acceptors (Lipinski definition) is 6. The van der Waals surface area contributed by atoms with Crippen LogP contribution in [0.3, 0.4) is 0 Å². The predicted molar refractivity (Wildman–Crippen MR) is 50.9 cm³/mol. The van der Waals surface area contributed by atoms with Crippen LogP contribution in [0.4, 0.5) is 0 Å². The van der Waals surface area contributed by atoms with Crippen LogP contribution in [0.5, 0.6) is 0 Å². The molecule has 0 saturated heterocycles. The molecule has 0 spiro atoms. The molecule has 0 saturated carbocycles. The zero-order valence-electron chi connectivity index (χ0n) is 10.8. The molecule has 108 valence electrons. The Kier molecular flexibility index (Phi) is 18.1. The molecule has 0 rings (SSSR count). The summed E-state index contributed by atoms with van der Waals surface area (Å²) in [6.45, 7) is 2.28. The summed E-state index contributed by atoms with van der Waals surface area (Å²) in [5.41, 5.74) is 0. The number of aliphatic hydroxyl groups excluding tert-OH is 2. The van der Waals surface area contributed by atoms with E-state index in [9.17, 15) is 0 Å². The molecule has 8 nitrogen and oxygen atoms in total. The zero-order chi connectivity index (χ0) is 14.5. The summed E-state index contributed by atoms with van der Waals surface area (Å²) in [4.78, 5) is 2.58. The van der Waals surface area contributed by atoms with Crippen LogP contribution in [0.1, 0.15) is 0 Å². The third-order valence-electron chi connectivity index (χ3n) is 1.22. The van der Waals surface area contributed by atoms with Crippen molar-refractivity contribution in [2.75, 3.05) is 54.5 Å². The molecular formula is C8H24CrN2O6. The fourth-order valence-corrected chi connectivity index (χ4v) is 0.447. The van der Waals surface area contributed by atoms with E-state index >= 15 is 0 Å². The molecule has 0 fully saturated rings. The van der Waals surface area contributed by atoms with E-state index < -0.39 is 13.6 Å². The van der Waals surface area contributed by atoms with Gasteiger partial charge in [0.25, 0.3) is 0 Å². The molecule has 4 N–H and O–H groups in total. The molecule has 0 aromatic carbocycles. The van der Waals surface area contributed by atoms with Gasteiger partial charge in [0, 0.05) is 0 Å². The molecule has 0 radical (unpaired) electrons. The van der Waals surface area contributed by atoms with Crippen molar-refractivity contribution in [3.63, 3.8) is 0 Å². The number of hydrogen-bond donors (Lipinski definition) is 4. The second-order valence-corrected chi connectivity index (χ2v) is 5.04. The summed E-state index contributed by atoms with van der Waals surface area (Å²) >= 11 is -5.75. The second-order valence-electron chi connectivity index (χ2n) is 3.77. The number of nitrogens with one attached hydrogen (secondary N) is 2. The van der Waals surface area contributed by atoms with Crippen LogP contribution in [-0.2, 0) is 21.2 Å². The second kappa shape index (κ2) is 14.0. The number of quaternary nitrogens is 2. The maximum absolute atomic E-state index is 8.59. The van der Waals surface area contributed by atoms with Gasteiger partial charge in [-0.05, 0) is 0 Å². The summed E-state index contributed by atoms with van der Waals surface area (Å²) in [5, 5.41) is 16.4. The minimum atomic E-state index is -5.75. The first-order valence-corrected chi connectivity index (χ1v) is 7.09. The first-order valence-electron chi connectivity index (χ1n) is 5.01. The van der Waals surface area contributed by atoms with Crippen molar-refractivity contribution in [1.29, 1.82) is 0 Å². The van der Waals surface area contributed by atoms with Gasteiger partial charge < -0.3 is 20.0 Å². The number of rotatable bonds is 4. The van der Waals surface area contributed by atoms with Crippen LogP contribution in [0, 0.1) is 0 Å². The normalized spacial score (nSPS) is 10.5. The van der Waals surface area contributed by atoms with Gasteiger partial charge in [-0.2, -0.15) is 0 Å². The van der Waals surface area contributed by atoms with Gasteiger partial charge in [0.05, 0.1) is 41.4 Å². The Balaban J connectivity index is -0.000000174. The van der Waals surface area contributed by atoms with Gasteiger partial charge in [-0.25, -0.2) is 0 Å². The van der Waals surface area contributed by atoms with E-state index in [1.54, 1.807) is 0 Å². The summed E-state index contributed by atoms with van der Waals surface area (Å²) < 4.78 is 34.4. The van der Waals surface area contributed by atoms with Crippen molar-refractivity contribution in [3.05, 3.63) is 0 Å². The first-order chi connectivity index (χ1) is 7.54. The molecule has 0 unspecified atom stereocenters. The molecule has 9 heteroatoms. The Morgan fingerprint density at radius 2 is 1.06 bits per heavy atom. The third kappa shape index (κ3) is 88.3. The van der Waals surface area contributed by atoms with E-state index in [4.69, 9.17) is 26.1 Å². The number of aliphatic hydroxyl groups is 2. The molecule has 17 heavy (non-hydrogen) atoms. The quantitative estimate of drug-likeness (QED) is 0.408. The van der Waals surface area contributed by atoms with Gasteiger partial charge in [0.15, 0.2) is 0 Å². The van der Waals surface area contributed by atoms with Crippen LogP contribution in [0.15, 0.2) is 0 Å². The Morgan fingerprint density at radius 3 is 1.06 bits per heavy atom. The average molecular weight is 296 g/mol. The standard InChI is InChI=1S/2C4H11NO.Cr.4O/c2*1-5(2)3-4-6;;;;;/h2*6H,3-4H2,1-2H3;;;;;/q;;;;;2*-1/p+2. The third-order valence-corrected chi connectivity index (χ3v) is 1.22. The molecule has 0 aromatic heterocycles. The fraction of sp³-hybridized carbons (Fsp3) is 1.00. The fourth-order valence-electron chi connectivity index (χ4n) is 0.447. The summed E-state index contributed by atoms with van der Waals surface area (Å²) in [6, 6.07) is 0. The van der Waals surface area contributed by atoms with Crippen LogP contribution in [0.25, 0.3) is 0 Å². The Labute approximate surface area is 104 Å². The molecule has 0 bridgehead atoms. The van der Waals surface area contributed by atoms with Crippen molar-refractivity contribution in [1.82, 2.24) is 0 Å². The summed E-state index contributed by atoms with van der Waals surface area (Å²) in [6.07, 6.45) is 0. The Bertz CT molecular complexity index is 212. The minimum absolute atomic E-state index is 0.294. The first kappa shape index (κ1) is 22.1. The zero-order valence-corrected chi connectivity index (χ0v) is 12.0. The SMILES string of the molecule is C[NH+](C)CCO.C[NH+](C)CCO.[O]=[Cr](=[O])([O-])[O-]. The van der Waals surface area contributed by atoms with E-state index in [0.29, 0.717) is 13.2 Å². The molecule has 0 atom stereocenters. The van der Waals surface area contributed by atoms with Crippen LogP contribution in [0.2, 0.25) is 0 Å². The van der Waals surface area contributed by atoms with Gasteiger partial charge in [0.2, 0.25) is 0 Å². The van der Waals surface area contributed by atoms with Crippen molar-refractivity contribution in [2.45, 2.75) is 0 Å². The summed E-state index contributed by atoms with van der Waals surface area (Å²) in [7, 11) is 8.04. The molecular weight excluding hydrogens is 272 g/mol. The van der Waals surface area contributed by atoms with Gasteiger partial charge in [-0.15, -0.1) is 0 Å².